The number of hydrogen-bond donors (Lipinski definition) is 1. The van der Waals surface area contributed by atoms with E-state index in [9.17, 15) is 14.4 Å². The molecule has 0 aliphatic carbocycles. The van der Waals surface area contributed by atoms with Gasteiger partial charge in [0.1, 0.15) is 0 Å². The number of carbonyl (C=O) groups is 2. The Hall–Kier alpha value is -3.06. The molecule has 0 saturated heterocycles. The smallest absolute Gasteiger partial charge is 0.329 e. The standard InChI is InChI=1S/C21H22ClN3O4/c1-2-12-24-17-5-3-4-6-18(17)25(21(24)28)13-11-20(27)29-14-19(26)23-16-9-7-15(22)8-10-16/h3-10H,2,11-14H2,1H3,(H,23,26). The number of esters is 1. The van der Waals surface area contributed by atoms with Crippen LogP contribution in [-0.4, -0.2) is 27.6 Å². The van der Waals surface area contributed by atoms with Crippen molar-refractivity contribution >= 4 is 40.2 Å². The Balaban J connectivity index is 1.57. The van der Waals surface area contributed by atoms with Crippen molar-refractivity contribution in [2.24, 2.45) is 0 Å². The average Bonchev–Trinajstić information content (AvgIpc) is 2.98. The SMILES string of the molecule is CCCn1c(=O)n(CCC(=O)OCC(=O)Nc2ccc(Cl)cc2)c2ccccc21. The van der Waals surface area contributed by atoms with Crippen LogP contribution in [0.15, 0.2) is 53.3 Å². The number of nitrogens with zero attached hydrogens (tertiary/aromatic N) is 2. The first kappa shape index (κ1) is 20.7. The lowest BCUT2D eigenvalue weighted by molar-refractivity contribution is -0.147. The number of fused-ring (bicyclic) bond motifs is 1. The summed E-state index contributed by atoms with van der Waals surface area (Å²) in [7, 11) is 0. The molecular formula is C21H22ClN3O4. The Morgan fingerprint density at radius 2 is 1.62 bits per heavy atom. The zero-order valence-electron chi connectivity index (χ0n) is 16.1. The number of anilines is 1. The summed E-state index contributed by atoms with van der Waals surface area (Å²) in [6, 6.07) is 14.1. The second-order valence-corrected chi connectivity index (χ2v) is 6.98. The number of nitrogens with one attached hydrogen (secondary N) is 1. The maximum Gasteiger partial charge on any atom is 0.329 e. The molecule has 0 radical (unpaired) electrons. The molecule has 0 unspecified atom stereocenters. The number of ether oxygens (including phenoxy) is 1. The second-order valence-electron chi connectivity index (χ2n) is 6.54. The van der Waals surface area contributed by atoms with Crippen LogP contribution in [0.5, 0.6) is 0 Å². The normalized spacial score (nSPS) is 10.8. The van der Waals surface area contributed by atoms with Crippen molar-refractivity contribution in [2.75, 3.05) is 11.9 Å². The van der Waals surface area contributed by atoms with Gasteiger partial charge in [-0.05, 0) is 42.8 Å². The van der Waals surface area contributed by atoms with E-state index in [0.29, 0.717) is 17.3 Å². The quantitative estimate of drug-likeness (QED) is 0.571. The molecule has 1 aromatic heterocycles. The number of carbonyl (C=O) groups excluding carboxylic acids is 2. The summed E-state index contributed by atoms with van der Waals surface area (Å²) >= 11 is 5.79. The Morgan fingerprint density at radius 3 is 2.24 bits per heavy atom. The topological polar surface area (TPSA) is 82.3 Å². The molecular weight excluding hydrogens is 394 g/mol. The first-order valence-corrected chi connectivity index (χ1v) is 9.76. The van der Waals surface area contributed by atoms with Crippen LogP contribution in [0.3, 0.4) is 0 Å². The van der Waals surface area contributed by atoms with E-state index >= 15 is 0 Å². The van der Waals surface area contributed by atoms with Gasteiger partial charge in [-0.15, -0.1) is 0 Å². The van der Waals surface area contributed by atoms with E-state index in [1.54, 1.807) is 33.4 Å². The van der Waals surface area contributed by atoms with Crippen LogP contribution >= 0.6 is 11.6 Å². The lowest BCUT2D eigenvalue weighted by Gasteiger charge is -2.07. The largest absolute Gasteiger partial charge is 0.456 e. The summed E-state index contributed by atoms with van der Waals surface area (Å²) < 4.78 is 8.31. The zero-order chi connectivity index (χ0) is 20.8. The number of hydrogen-bond acceptors (Lipinski definition) is 4. The highest BCUT2D eigenvalue weighted by Gasteiger charge is 2.14. The molecule has 0 aliphatic rings. The molecule has 29 heavy (non-hydrogen) atoms. The molecule has 8 heteroatoms. The molecule has 7 nitrogen and oxygen atoms in total. The van der Waals surface area contributed by atoms with E-state index in [1.807, 2.05) is 31.2 Å². The average molecular weight is 416 g/mol. The van der Waals surface area contributed by atoms with Crippen molar-refractivity contribution in [3.8, 4) is 0 Å². The van der Waals surface area contributed by atoms with Gasteiger partial charge in [0.2, 0.25) is 0 Å². The van der Waals surface area contributed by atoms with Crippen LogP contribution in [0.2, 0.25) is 5.02 Å². The lowest BCUT2D eigenvalue weighted by Crippen LogP contribution is -2.26. The summed E-state index contributed by atoms with van der Waals surface area (Å²) in [4.78, 5) is 36.6. The van der Waals surface area contributed by atoms with Gasteiger partial charge in [-0.25, -0.2) is 4.79 Å². The summed E-state index contributed by atoms with van der Waals surface area (Å²) in [5.41, 5.74) is 2.03. The third-order valence-electron chi connectivity index (χ3n) is 4.40. The third-order valence-corrected chi connectivity index (χ3v) is 4.66. The molecule has 1 heterocycles. The van der Waals surface area contributed by atoms with E-state index in [0.717, 1.165) is 17.5 Å². The van der Waals surface area contributed by atoms with E-state index in [2.05, 4.69) is 5.32 Å². The zero-order valence-corrected chi connectivity index (χ0v) is 16.8. The van der Waals surface area contributed by atoms with Crippen molar-refractivity contribution in [3.63, 3.8) is 0 Å². The van der Waals surface area contributed by atoms with E-state index in [4.69, 9.17) is 16.3 Å². The van der Waals surface area contributed by atoms with Gasteiger partial charge < -0.3 is 10.1 Å². The van der Waals surface area contributed by atoms with E-state index < -0.39 is 18.5 Å². The third kappa shape index (κ3) is 5.06. The summed E-state index contributed by atoms with van der Waals surface area (Å²) in [5, 5.41) is 3.18. The number of benzene rings is 2. The van der Waals surface area contributed by atoms with Gasteiger partial charge in [-0.3, -0.25) is 18.7 Å². The highest BCUT2D eigenvalue weighted by Crippen LogP contribution is 2.14. The highest BCUT2D eigenvalue weighted by molar-refractivity contribution is 6.30. The van der Waals surface area contributed by atoms with E-state index in [1.165, 1.54) is 0 Å². The maximum atomic E-state index is 12.7. The fourth-order valence-electron chi connectivity index (χ4n) is 3.08. The number of aryl methyl sites for hydroxylation is 2. The van der Waals surface area contributed by atoms with Crippen LogP contribution in [0, 0.1) is 0 Å². The van der Waals surface area contributed by atoms with Crippen molar-refractivity contribution in [3.05, 3.63) is 64.0 Å². The molecule has 0 atom stereocenters. The number of rotatable bonds is 8. The van der Waals surface area contributed by atoms with Gasteiger partial charge in [0.25, 0.3) is 5.91 Å². The predicted molar refractivity (Wildman–Crippen MR) is 112 cm³/mol. The van der Waals surface area contributed by atoms with Gasteiger partial charge >= 0.3 is 11.7 Å². The van der Waals surface area contributed by atoms with Crippen LogP contribution in [0.1, 0.15) is 19.8 Å². The number of halogens is 1. The summed E-state index contributed by atoms with van der Waals surface area (Å²) in [6.45, 7) is 2.41. The van der Waals surface area contributed by atoms with Gasteiger partial charge in [-0.1, -0.05) is 30.7 Å². The molecule has 1 amide bonds. The van der Waals surface area contributed by atoms with Crippen LogP contribution < -0.4 is 11.0 Å². The summed E-state index contributed by atoms with van der Waals surface area (Å²) in [6.07, 6.45) is 0.826. The molecule has 2 aromatic carbocycles. The minimum absolute atomic E-state index is 0.00569. The fraction of sp³-hybridized carbons (Fsp3) is 0.286. The Bertz CT molecular complexity index is 1070. The highest BCUT2D eigenvalue weighted by atomic mass is 35.5. The van der Waals surface area contributed by atoms with Gasteiger partial charge in [-0.2, -0.15) is 0 Å². The maximum absolute atomic E-state index is 12.7. The molecule has 1 N–H and O–H groups in total. The van der Waals surface area contributed by atoms with Crippen molar-refractivity contribution in [2.45, 2.75) is 32.9 Å². The molecule has 0 fully saturated rings. The lowest BCUT2D eigenvalue weighted by atomic mass is 10.3. The molecule has 152 valence electrons. The van der Waals surface area contributed by atoms with E-state index in [-0.39, 0.29) is 18.7 Å². The van der Waals surface area contributed by atoms with Gasteiger partial charge in [0.05, 0.1) is 17.5 Å². The number of amides is 1. The fourth-order valence-corrected chi connectivity index (χ4v) is 3.21. The van der Waals surface area contributed by atoms with Gasteiger partial charge in [0.15, 0.2) is 6.61 Å². The number of aromatic nitrogens is 2. The van der Waals surface area contributed by atoms with Crippen LogP contribution in [0.4, 0.5) is 5.69 Å². The number of para-hydroxylation sites is 2. The first-order valence-electron chi connectivity index (χ1n) is 9.38. The van der Waals surface area contributed by atoms with Crippen LogP contribution in [-0.2, 0) is 27.4 Å². The number of imidazole rings is 1. The monoisotopic (exact) mass is 415 g/mol. The molecule has 3 aromatic rings. The molecule has 0 aliphatic heterocycles. The Morgan fingerprint density at radius 1 is 1.00 bits per heavy atom. The molecule has 0 bridgehead atoms. The van der Waals surface area contributed by atoms with Crippen LogP contribution in [0.25, 0.3) is 11.0 Å². The Kier molecular flexibility index (Phi) is 6.72. The molecule has 3 rings (SSSR count). The molecule has 0 saturated carbocycles. The van der Waals surface area contributed by atoms with Crippen molar-refractivity contribution in [1.82, 2.24) is 9.13 Å². The minimum atomic E-state index is -0.546. The molecule has 0 spiro atoms. The minimum Gasteiger partial charge on any atom is -0.456 e. The first-order chi connectivity index (χ1) is 14.0. The second kappa shape index (κ2) is 9.43. The van der Waals surface area contributed by atoms with Crippen molar-refractivity contribution < 1.29 is 14.3 Å². The Labute approximate surface area is 172 Å². The summed E-state index contributed by atoms with van der Waals surface area (Å²) in [5.74, 6) is -0.993. The van der Waals surface area contributed by atoms with Crippen molar-refractivity contribution in [1.29, 1.82) is 0 Å². The van der Waals surface area contributed by atoms with Gasteiger partial charge in [0, 0.05) is 23.8 Å². The predicted octanol–water partition coefficient (Wildman–Crippen LogP) is 3.44.